The lowest BCUT2D eigenvalue weighted by Crippen LogP contribution is -2.33. The molecule has 0 fully saturated rings. The van der Waals surface area contributed by atoms with Crippen LogP contribution in [0.3, 0.4) is 0 Å². The first-order valence-corrected chi connectivity index (χ1v) is 6.87. The summed E-state index contributed by atoms with van der Waals surface area (Å²) in [6.45, 7) is 16.5. The van der Waals surface area contributed by atoms with Crippen LogP contribution < -0.4 is 0 Å². The molecule has 1 aliphatic carbocycles. The van der Waals surface area contributed by atoms with Crippen molar-refractivity contribution in [2.24, 2.45) is 5.92 Å². The molecular formula is C17H26. The molecule has 2 atom stereocenters. The standard InChI is InChI=1S/C17H26/c1-8-17(7)13(4)16(5,6)14-10-11(2)9-12(3)15(14)17/h9-10,13H,8H2,1-7H3. The molecular weight excluding hydrogens is 204 g/mol. The van der Waals surface area contributed by atoms with Crippen molar-refractivity contribution < 1.29 is 0 Å². The predicted molar refractivity (Wildman–Crippen MR) is 75.7 cm³/mol. The van der Waals surface area contributed by atoms with Crippen LogP contribution in [-0.2, 0) is 10.8 Å². The van der Waals surface area contributed by atoms with E-state index in [1.807, 2.05) is 0 Å². The largest absolute Gasteiger partial charge is 0.0645 e. The van der Waals surface area contributed by atoms with Gasteiger partial charge < -0.3 is 0 Å². The van der Waals surface area contributed by atoms with Gasteiger partial charge in [0.1, 0.15) is 0 Å². The van der Waals surface area contributed by atoms with E-state index in [0.29, 0.717) is 16.7 Å². The molecule has 0 spiro atoms. The second kappa shape index (κ2) is 3.60. The summed E-state index contributed by atoms with van der Waals surface area (Å²) in [7, 11) is 0. The van der Waals surface area contributed by atoms with E-state index in [2.05, 4.69) is 60.6 Å². The Bertz CT molecular complexity index is 453. The molecule has 0 nitrogen and oxygen atoms in total. The summed E-state index contributed by atoms with van der Waals surface area (Å²) < 4.78 is 0. The zero-order chi connectivity index (χ0) is 13.0. The lowest BCUT2D eigenvalue weighted by Gasteiger charge is -2.35. The van der Waals surface area contributed by atoms with Crippen LogP contribution in [0.15, 0.2) is 12.1 Å². The SMILES string of the molecule is CCC1(C)c2c(C)cc(C)cc2C(C)(C)C1C. The van der Waals surface area contributed by atoms with Crippen molar-refractivity contribution in [3.05, 3.63) is 34.4 Å². The average molecular weight is 230 g/mol. The highest BCUT2D eigenvalue weighted by Gasteiger charge is 2.50. The average Bonchev–Trinajstić information content (AvgIpc) is 2.39. The Morgan fingerprint density at radius 3 is 2.24 bits per heavy atom. The Kier molecular flexibility index (Phi) is 2.69. The monoisotopic (exact) mass is 230 g/mol. The molecule has 2 rings (SSSR count). The number of hydrogen-bond donors (Lipinski definition) is 0. The maximum absolute atomic E-state index is 2.45. The molecule has 1 aromatic rings. The Balaban J connectivity index is 2.79. The molecule has 2 unspecified atom stereocenters. The third-order valence-electron chi connectivity index (χ3n) is 5.52. The molecule has 94 valence electrons. The molecule has 0 aliphatic heterocycles. The fraction of sp³-hybridized carbons (Fsp3) is 0.647. The van der Waals surface area contributed by atoms with Crippen LogP contribution in [0, 0.1) is 19.8 Å². The van der Waals surface area contributed by atoms with E-state index in [9.17, 15) is 0 Å². The molecule has 0 amide bonds. The molecule has 0 N–H and O–H groups in total. The first-order chi connectivity index (χ1) is 7.75. The van der Waals surface area contributed by atoms with Gasteiger partial charge in [0.25, 0.3) is 0 Å². The van der Waals surface area contributed by atoms with Gasteiger partial charge in [-0.25, -0.2) is 0 Å². The predicted octanol–water partition coefficient (Wildman–Crippen LogP) is 4.90. The molecule has 0 aromatic heterocycles. The van der Waals surface area contributed by atoms with E-state index in [1.54, 1.807) is 11.1 Å². The van der Waals surface area contributed by atoms with Crippen LogP contribution in [0.4, 0.5) is 0 Å². The van der Waals surface area contributed by atoms with E-state index in [0.717, 1.165) is 0 Å². The molecule has 0 heterocycles. The lowest BCUT2D eigenvalue weighted by atomic mass is 9.68. The highest BCUT2D eigenvalue weighted by Crippen LogP contribution is 2.56. The highest BCUT2D eigenvalue weighted by molar-refractivity contribution is 5.52. The molecule has 0 saturated carbocycles. The normalized spacial score (nSPS) is 30.4. The van der Waals surface area contributed by atoms with Gasteiger partial charge >= 0.3 is 0 Å². The summed E-state index contributed by atoms with van der Waals surface area (Å²) in [5.41, 5.74) is 6.76. The van der Waals surface area contributed by atoms with Gasteiger partial charge in [-0.05, 0) is 53.7 Å². The Hall–Kier alpha value is -0.780. The zero-order valence-corrected chi connectivity index (χ0v) is 12.4. The van der Waals surface area contributed by atoms with Crippen molar-refractivity contribution in [1.82, 2.24) is 0 Å². The van der Waals surface area contributed by atoms with Gasteiger partial charge in [-0.15, -0.1) is 0 Å². The van der Waals surface area contributed by atoms with Crippen molar-refractivity contribution in [1.29, 1.82) is 0 Å². The Labute approximate surface area is 106 Å². The number of fused-ring (bicyclic) bond motifs is 1. The van der Waals surface area contributed by atoms with Crippen molar-refractivity contribution in [3.8, 4) is 0 Å². The first kappa shape index (κ1) is 12.7. The molecule has 0 bridgehead atoms. The van der Waals surface area contributed by atoms with Gasteiger partial charge in [-0.1, -0.05) is 52.3 Å². The van der Waals surface area contributed by atoms with E-state index < -0.39 is 0 Å². The van der Waals surface area contributed by atoms with Gasteiger partial charge in [-0.2, -0.15) is 0 Å². The van der Waals surface area contributed by atoms with Crippen molar-refractivity contribution in [2.75, 3.05) is 0 Å². The lowest BCUT2D eigenvalue weighted by molar-refractivity contribution is 0.239. The maximum Gasteiger partial charge on any atom is -0.00384 e. The third kappa shape index (κ3) is 1.49. The fourth-order valence-corrected chi connectivity index (χ4v) is 3.96. The molecule has 17 heavy (non-hydrogen) atoms. The van der Waals surface area contributed by atoms with Gasteiger partial charge in [-0.3, -0.25) is 0 Å². The summed E-state index contributed by atoms with van der Waals surface area (Å²) in [4.78, 5) is 0. The second-order valence-corrected chi connectivity index (χ2v) is 6.72. The van der Waals surface area contributed by atoms with Crippen molar-refractivity contribution in [3.63, 3.8) is 0 Å². The van der Waals surface area contributed by atoms with Crippen LogP contribution in [0.1, 0.15) is 63.3 Å². The zero-order valence-electron chi connectivity index (χ0n) is 12.4. The van der Waals surface area contributed by atoms with Gasteiger partial charge in [0.05, 0.1) is 0 Å². The number of aryl methyl sites for hydroxylation is 2. The minimum absolute atomic E-state index is 0.302. The number of hydrogen-bond acceptors (Lipinski definition) is 0. The second-order valence-electron chi connectivity index (χ2n) is 6.72. The van der Waals surface area contributed by atoms with Crippen LogP contribution >= 0.6 is 0 Å². The van der Waals surface area contributed by atoms with Crippen LogP contribution in [-0.4, -0.2) is 0 Å². The summed E-state index contributed by atoms with van der Waals surface area (Å²) in [6, 6.07) is 4.76. The minimum atomic E-state index is 0.302. The highest BCUT2D eigenvalue weighted by atomic mass is 14.5. The molecule has 1 aromatic carbocycles. The topological polar surface area (TPSA) is 0 Å². The van der Waals surface area contributed by atoms with Crippen molar-refractivity contribution >= 4 is 0 Å². The number of rotatable bonds is 1. The Morgan fingerprint density at radius 1 is 1.12 bits per heavy atom. The third-order valence-corrected chi connectivity index (χ3v) is 5.52. The van der Waals surface area contributed by atoms with Crippen LogP contribution in [0.25, 0.3) is 0 Å². The van der Waals surface area contributed by atoms with Gasteiger partial charge in [0, 0.05) is 0 Å². The molecule has 1 aliphatic rings. The number of benzene rings is 1. The quantitative estimate of drug-likeness (QED) is 0.644. The summed E-state index contributed by atoms with van der Waals surface area (Å²) in [5, 5.41) is 0. The van der Waals surface area contributed by atoms with E-state index in [4.69, 9.17) is 0 Å². The minimum Gasteiger partial charge on any atom is -0.0645 e. The molecule has 0 radical (unpaired) electrons. The summed E-state index contributed by atoms with van der Waals surface area (Å²) >= 11 is 0. The molecule has 0 heteroatoms. The smallest absolute Gasteiger partial charge is 0.00384 e. The van der Waals surface area contributed by atoms with E-state index in [-0.39, 0.29) is 0 Å². The van der Waals surface area contributed by atoms with Crippen LogP contribution in [0.2, 0.25) is 0 Å². The summed E-state index contributed by atoms with van der Waals surface area (Å²) in [6.07, 6.45) is 1.23. The maximum atomic E-state index is 2.45. The van der Waals surface area contributed by atoms with Crippen LogP contribution in [0.5, 0.6) is 0 Å². The van der Waals surface area contributed by atoms with Gasteiger partial charge in [0.2, 0.25) is 0 Å². The van der Waals surface area contributed by atoms with E-state index in [1.165, 1.54) is 17.5 Å². The summed E-state index contributed by atoms with van der Waals surface area (Å²) in [5.74, 6) is 0.704. The Morgan fingerprint density at radius 2 is 1.71 bits per heavy atom. The molecule has 0 saturated heterocycles. The van der Waals surface area contributed by atoms with Gasteiger partial charge in [0.15, 0.2) is 0 Å². The van der Waals surface area contributed by atoms with E-state index >= 15 is 0 Å². The fourth-order valence-electron chi connectivity index (χ4n) is 3.96. The first-order valence-electron chi connectivity index (χ1n) is 6.87. The van der Waals surface area contributed by atoms with Crippen molar-refractivity contribution in [2.45, 2.75) is 65.7 Å².